The average molecular weight is 523 g/mol. The average Bonchev–Trinajstić information content (AvgIpc) is 2.77. The van der Waals surface area contributed by atoms with Crippen LogP contribution in [0.5, 0.6) is 0 Å². The first-order valence-corrected chi connectivity index (χ1v) is 14.2. The summed E-state index contributed by atoms with van der Waals surface area (Å²) in [5.41, 5.74) is 2.17. The topological polar surface area (TPSA) is 91.3 Å². The van der Waals surface area contributed by atoms with Crippen LogP contribution in [0, 0.1) is 28.6 Å². The highest BCUT2D eigenvalue weighted by Crippen LogP contribution is 2.61. The van der Waals surface area contributed by atoms with E-state index in [1.807, 2.05) is 0 Å². The second-order valence-electron chi connectivity index (χ2n) is 12.8. The second-order valence-corrected chi connectivity index (χ2v) is 12.8. The number of aliphatic hydroxyl groups excluding tert-OH is 1. The number of fused-ring (bicyclic) bond motifs is 1. The summed E-state index contributed by atoms with van der Waals surface area (Å²) in [6.07, 6.45) is 4.68. The molecule has 9 atom stereocenters. The van der Waals surface area contributed by atoms with Gasteiger partial charge in [-0.3, -0.25) is 9.59 Å². The molecule has 3 rings (SSSR count). The predicted octanol–water partition coefficient (Wildman–Crippen LogP) is 5.58. The Bertz CT molecular complexity index is 823. The summed E-state index contributed by atoms with van der Waals surface area (Å²) < 4.78 is 22.5. The largest absolute Gasteiger partial charge is 0.455 e. The Kier molecular flexibility index (Phi) is 9.90. The van der Waals surface area contributed by atoms with Crippen molar-refractivity contribution in [3.8, 4) is 0 Å². The van der Waals surface area contributed by atoms with Crippen LogP contribution in [0.1, 0.15) is 99.8 Å². The van der Waals surface area contributed by atoms with Gasteiger partial charge in [-0.2, -0.15) is 0 Å². The Balaban J connectivity index is 1.56. The Morgan fingerprint density at radius 3 is 2.41 bits per heavy atom. The summed E-state index contributed by atoms with van der Waals surface area (Å²) in [5.74, 6) is 0.642. The first kappa shape index (κ1) is 30.1. The van der Waals surface area contributed by atoms with Crippen molar-refractivity contribution in [1.29, 1.82) is 0 Å². The molecule has 3 fully saturated rings. The highest BCUT2D eigenvalue weighted by atomic mass is 16.7. The molecule has 3 aliphatic rings. The molecular formula is C30H50O7. The van der Waals surface area contributed by atoms with Crippen molar-refractivity contribution in [1.82, 2.24) is 0 Å². The maximum Gasteiger partial charge on any atom is 0.303 e. The molecule has 2 aliphatic carbocycles. The molecule has 0 amide bonds. The molecule has 0 aromatic heterocycles. The maximum absolute atomic E-state index is 11.7. The lowest BCUT2D eigenvalue weighted by atomic mass is 9.47. The fourth-order valence-corrected chi connectivity index (χ4v) is 7.55. The van der Waals surface area contributed by atoms with Gasteiger partial charge in [-0.25, -0.2) is 0 Å². The highest BCUT2D eigenvalue weighted by molar-refractivity contribution is 5.67. The lowest BCUT2D eigenvalue weighted by Gasteiger charge is -2.58. The Labute approximate surface area is 223 Å². The predicted molar refractivity (Wildman–Crippen MR) is 142 cm³/mol. The van der Waals surface area contributed by atoms with Crippen molar-refractivity contribution in [2.75, 3.05) is 6.61 Å². The zero-order chi connectivity index (χ0) is 27.5. The third-order valence-corrected chi connectivity index (χ3v) is 9.52. The lowest BCUT2D eigenvalue weighted by molar-refractivity contribution is -0.299. The summed E-state index contributed by atoms with van der Waals surface area (Å²) in [7, 11) is 0. The fourth-order valence-electron chi connectivity index (χ4n) is 7.55. The minimum absolute atomic E-state index is 0.336. The van der Waals surface area contributed by atoms with Crippen LogP contribution in [0.4, 0.5) is 0 Å². The number of hydrogen-bond donors (Lipinski definition) is 1. The molecule has 37 heavy (non-hydrogen) atoms. The molecule has 0 bridgehead atoms. The van der Waals surface area contributed by atoms with Crippen LogP contribution in [-0.4, -0.2) is 54.4 Å². The fraction of sp³-hybridized carbons (Fsp3) is 0.867. The molecule has 0 radical (unpaired) electrons. The van der Waals surface area contributed by atoms with Crippen molar-refractivity contribution < 1.29 is 33.6 Å². The van der Waals surface area contributed by atoms with Gasteiger partial charge in [-0.1, -0.05) is 52.7 Å². The Hall–Kier alpha value is -1.44. The van der Waals surface area contributed by atoms with Gasteiger partial charge in [0.15, 0.2) is 18.5 Å². The number of rotatable bonds is 9. The van der Waals surface area contributed by atoms with Crippen LogP contribution in [0.2, 0.25) is 0 Å². The van der Waals surface area contributed by atoms with Crippen LogP contribution in [0.3, 0.4) is 0 Å². The van der Waals surface area contributed by atoms with Gasteiger partial charge in [0, 0.05) is 13.8 Å². The molecule has 7 heteroatoms. The molecule has 7 nitrogen and oxygen atoms in total. The van der Waals surface area contributed by atoms with Crippen LogP contribution in [0.25, 0.3) is 0 Å². The molecular weight excluding hydrogens is 472 g/mol. The first-order valence-electron chi connectivity index (χ1n) is 14.2. The summed E-state index contributed by atoms with van der Waals surface area (Å²) in [4.78, 5) is 23.3. The van der Waals surface area contributed by atoms with Gasteiger partial charge in [0.1, 0.15) is 6.10 Å². The third kappa shape index (κ3) is 6.96. The van der Waals surface area contributed by atoms with E-state index in [0.29, 0.717) is 29.3 Å². The van der Waals surface area contributed by atoms with E-state index in [9.17, 15) is 14.7 Å². The van der Waals surface area contributed by atoms with E-state index in [-0.39, 0.29) is 0 Å². The number of allylic oxidation sites excluding steroid dienone is 1. The van der Waals surface area contributed by atoms with E-state index < -0.39 is 42.6 Å². The lowest BCUT2D eigenvalue weighted by Crippen LogP contribution is -2.60. The van der Waals surface area contributed by atoms with Gasteiger partial charge >= 0.3 is 11.9 Å². The van der Waals surface area contributed by atoms with E-state index in [2.05, 4.69) is 34.3 Å². The smallest absolute Gasteiger partial charge is 0.303 e. The van der Waals surface area contributed by atoms with Gasteiger partial charge in [0.25, 0.3) is 0 Å². The zero-order valence-corrected chi connectivity index (χ0v) is 24.1. The van der Waals surface area contributed by atoms with Gasteiger partial charge in [-0.05, 0) is 74.0 Å². The molecule has 1 aliphatic heterocycles. The standard InChI is InChI=1S/C30H50O7/c1-18(10-12-23-19(2)11-13-24-29(6,7)15-9-16-30(23,24)8)14-17-34-28-27(37-22(5)32)26(36-21(4)31)25(33)20(3)35-28/h18,20,23-28,33H,2,9-17H2,1,3-8H3/t18-,20-,23+,24+,25-,26+,27+,28+,30-/m0/s1. The van der Waals surface area contributed by atoms with E-state index in [0.717, 1.165) is 31.6 Å². The molecule has 0 spiro atoms. The normalized spacial score (nSPS) is 38.4. The highest BCUT2D eigenvalue weighted by Gasteiger charge is 2.52. The summed E-state index contributed by atoms with van der Waals surface area (Å²) in [6.45, 7) is 18.8. The van der Waals surface area contributed by atoms with Crippen molar-refractivity contribution >= 4 is 11.9 Å². The number of carbonyl (C=O) groups is 2. The second kappa shape index (κ2) is 12.2. The summed E-state index contributed by atoms with van der Waals surface area (Å²) in [6, 6.07) is 0. The van der Waals surface area contributed by atoms with Gasteiger partial charge in [0.2, 0.25) is 0 Å². The van der Waals surface area contributed by atoms with Gasteiger partial charge < -0.3 is 24.1 Å². The molecule has 212 valence electrons. The molecule has 0 aromatic carbocycles. The summed E-state index contributed by atoms with van der Waals surface area (Å²) >= 11 is 0. The quantitative estimate of drug-likeness (QED) is 0.312. The van der Waals surface area contributed by atoms with Crippen molar-refractivity contribution in [3.05, 3.63) is 12.2 Å². The Morgan fingerprint density at radius 2 is 1.76 bits per heavy atom. The van der Waals surface area contributed by atoms with Gasteiger partial charge in [-0.15, -0.1) is 0 Å². The number of hydrogen-bond acceptors (Lipinski definition) is 7. The molecule has 0 unspecified atom stereocenters. The maximum atomic E-state index is 11.7. The van der Waals surface area contributed by atoms with Crippen molar-refractivity contribution in [2.24, 2.45) is 28.6 Å². The van der Waals surface area contributed by atoms with E-state index in [4.69, 9.17) is 18.9 Å². The molecule has 1 saturated heterocycles. The minimum atomic E-state index is -1.12. The van der Waals surface area contributed by atoms with Crippen LogP contribution in [-0.2, 0) is 28.5 Å². The molecule has 1 heterocycles. The third-order valence-electron chi connectivity index (χ3n) is 9.52. The van der Waals surface area contributed by atoms with E-state index >= 15 is 0 Å². The summed E-state index contributed by atoms with van der Waals surface area (Å²) in [5, 5.41) is 10.5. The first-order chi connectivity index (χ1) is 17.3. The van der Waals surface area contributed by atoms with Crippen LogP contribution >= 0.6 is 0 Å². The van der Waals surface area contributed by atoms with Crippen molar-refractivity contribution in [2.45, 2.75) is 131 Å². The van der Waals surface area contributed by atoms with Gasteiger partial charge in [0.05, 0.1) is 12.7 Å². The number of esters is 2. The minimum Gasteiger partial charge on any atom is -0.455 e. The van der Waals surface area contributed by atoms with Crippen LogP contribution in [0.15, 0.2) is 12.2 Å². The molecule has 1 N–H and O–H groups in total. The molecule has 0 aromatic rings. The van der Waals surface area contributed by atoms with Crippen LogP contribution < -0.4 is 0 Å². The number of carbonyl (C=O) groups excluding carboxylic acids is 2. The SMILES string of the molecule is C=C1CC[C@@H]2C(C)(C)CCC[C@@]2(C)[C@@H]1CC[C@H](C)CCO[C@@H]1O[C@@H](C)[C@H](O)[C@@H](OC(C)=O)[C@H]1OC(C)=O. The van der Waals surface area contributed by atoms with E-state index in [1.165, 1.54) is 45.1 Å². The van der Waals surface area contributed by atoms with E-state index in [1.54, 1.807) is 6.92 Å². The molecule has 2 saturated carbocycles. The Morgan fingerprint density at radius 1 is 1.11 bits per heavy atom. The zero-order valence-electron chi connectivity index (χ0n) is 24.1. The number of ether oxygens (including phenoxy) is 4. The monoisotopic (exact) mass is 522 g/mol. The number of aliphatic hydroxyl groups is 1. The van der Waals surface area contributed by atoms with Crippen molar-refractivity contribution in [3.63, 3.8) is 0 Å².